The predicted octanol–water partition coefficient (Wildman–Crippen LogP) is 3.03. The van der Waals surface area contributed by atoms with Gasteiger partial charge in [0, 0.05) is 18.2 Å². The minimum Gasteiger partial charge on any atom is -0.493 e. The van der Waals surface area contributed by atoms with Crippen molar-refractivity contribution in [2.24, 2.45) is 0 Å². The molecule has 2 aromatic rings. The number of ether oxygens (including phenoxy) is 2. The van der Waals surface area contributed by atoms with Gasteiger partial charge in [-0.25, -0.2) is 0 Å². The van der Waals surface area contributed by atoms with Gasteiger partial charge in [0.05, 0.1) is 14.2 Å². The van der Waals surface area contributed by atoms with Crippen LogP contribution in [-0.4, -0.2) is 20.1 Å². The molecule has 2 aromatic carbocycles. The van der Waals surface area contributed by atoms with Gasteiger partial charge in [-0.2, -0.15) is 0 Å². The molecule has 0 aliphatic carbocycles. The van der Waals surface area contributed by atoms with Gasteiger partial charge in [0.25, 0.3) is 0 Å². The first-order valence-electron chi connectivity index (χ1n) is 6.95. The van der Waals surface area contributed by atoms with Crippen molar-refractivity contribution in [2.45, 2.75) is 6.54 Å². The van der Waals surface area contributed by atoms with Crippen LogP contribution in [0.5, 0.6) is 11.5 Å². The molecule has 114 valence electrons. The van der Waals surface area contributed by atoms with Gasteiger partial charge in [-0.15, -0.1) is 0 Å². The van der Waals surface area contributed by atoms with Crippen LogP contribution >= 0.6 is 0 Å². The van der Waals surface area contributed by atoms with Crippen LogP contribution in [0, 0.1) is 0 Å². The van der Waals surface area contributed by atoms with Crippen LogP contribution in [0.4, 0.5) is 0 Å². The van der Waals surface area contributed by atoms with Crippen molar-refractivity contribution < 1.29 is 14.3 Å². The number of para-hydroxylation sites is 1. The van der Waals surface area contributed by atoms with Crippen LogP contribution in [-0.2, 0) is 11.3 Å². The lowest BCUT2D eigenvalue weighted by molar-refractivity contribution is -0.116. The lowest BCUT2D eigenvalue weighted by atomic mass is 10.1. The summed E-state index contributed by atoms with van der Waals surface area (Å²) in [6.45, 7) is 0.499. The topological polar surface area (TPSA) is 47.6 Å². The molecule has 2 rings (SSSR count). The Morgan fingerprint density at radius 1 is 1.05 bits per heavy atom. The summed E-state index contributed by atoms with van der Waals surface area (Å²) in [6.07, 6.45) is 3.20. The second kappa shape index (κ2) is 7.88. The molecule has 1 amide bonds. The first-order valence-corrected chi connectivity index (χ1v) is 6.95. The molecule has 0 aliphatic rings. The van der Waals surface area contributed by atoms with E-state index in [2.05, 4.69) is 5.32 Å². The van der Waals surface area contributed by atoms with Crippen molar-refractivity contribution in [3.8, 4) is 11.5 Å². The summed E-state index contributed by atoms with van der Waals surface area (Å²) in [5.74, 6) is 1.08. The minimum atomic E-state index is -0.159. The molecule has 0 heterocycles. The zero-order valence-electron chi connectivity index (χ0n) is 12.7. The number of carbonyl (C=O) groups excluding carboxylic acids is 1. The molecule has 0 aliphatic heterocycles. The Hall–Kier alpha value is -2.75. The van der Waals surface area contributed by atoms with Crippen LogP contribution in [0.3, 0.4) is 0 Å². The Balaban J connectivity index is 2.01. The number of methoxy groups -OCH3 is 2. The molecule has 0 fully saturated rings. The van der Waals surface area contributed by atoms with Crippen LogP contribution in [0.2, 0.25) is 0 Å². The summed E-state index contributed by atoms with van der Waals surface area (Å²) in [4.78, 5) is 11.9. The predicted molar refractivity (Wildman–Crippen MR) is 86.9 cm³/mol. The zero-order valence-corrected chi connectivity index (χ0v) is 12.7. The van der Waals surface area contributed by atoms with Gasteiger partial charge >= 0.3 is 0 Å². The Morgan fingerprint density at radius 3 is 2.50 bits per heavy atom. The van der Waals surface area contributed by atoms with E-state index in [-0.39, 0.29) is 5.91 Å². The van der Waals surface area contributed by atoms with E-state index < -0.39 is 0 Å². The van der Waals surface area contributed by atoms with Crippen molar-refractivity contribution in [1.82, 2.24) is 5.32 Å². The largest absolute Gasteiger partial charge is 0.493 e. The second-order valence-electron chi connectivity index (χ2n) is 4.62. The second-order valence-corrected chi connectivity index (χ2v) is 4.62. The highest BCUT2D eigenvalue weighted by atomic mass is 16.5. The van der Waals surface area contributed by atoms with Gasteiger partial charge in [-0.1, -0.05) is 42.5 Å². The standard InChI is InChI=1S/C18H19NO3/c1-21-16-10-6-9-15(18(16)22-2)11-12-17(20)19-13-14-7-4-3-5-8-14/h3-12H,13H2,1-2H3,(H,19,20)/b12-11+. The Bertz CT molecular complexity index is 651. The van der Waals surface area contributed by atoms with Gasteiger partial charge in [0.2, 0.25) is 5.91 Å². The maximum Gasteiger partial charge on any atom is 0.244 e. The van der Waals surface area contributed by atoms with Crippen molar-refractivity contribution in [3.63, 3.8) is 0 Å². The van der Waals surface area contributed by atoms with E-state index in [4.69, 9.17) is 9.47 Å². The molecule has 0 atom stereocenters. The number of benzene rings is 2. The Labute approximate surface area is 130 Å². The molecule has 1 N–H and O–H groups in total. The minimum absolute atomic E-state index is 0.159. The van der Waals surface area contributed by atoms with E-state index in [1.54, 1.807) is 20.3 Å². The number of hydrogen-bond acceptors (Lipinski definition) is 3. The molecule has 0 saturated heterocycles. The lowest BCUT2D eigenvalue weighted by Gasteiger charge is -2.09. The van der Waals surface area contributed by atoms with E-state index in [9.17, 15) is 4.79 Å². The van der Waals surface area contributed by atoms with E-state index in [1.165, 1.54) is 6.08 Å². The van der Waals surface area contributed by atoms with E-state index >= 15 is 0 Å². The monoisotopic (exact) mass is 297 g/mol. The molecule has 0 aromatic heterocycles. The van der Waals surface area contributed by atoms with E-state index in [1.807, 2.05) is 48.5 Å². The SMILES string of the molecule is COc1cccc(/C=C/C(=O)NCc2ccccc2)c1OC. The molecule has 0 bridgehead atoms. The third kappa shape index (κ3) is 4.12. The number of nitrogens with one attached hydrogen (secondary N) is 1. The Morgan fingerprint density at radius 2 is 1.82 bits per heavy atom. The smallest absolute Gasteiger partial charge is 0.244 e. The van der Waals surface area contributed by atoms with Gasteiger partial charge < -0.3 is 14.8 Å². The third-order valence-electron chi connectivity index (χ3n) is 3.16. The fraction of sp³-hybridized carbons (Fsp3) is 0.167. The first-order chi connectivity index (χ1) is 10.7. The van der Waals surface area contributed by atoms with Gasteiger partial charge in [-0.3, -0.25) is 4.79 Å². The summed E-state index contributed by atoms with van der Waals surface area (Å²) in [6, 6.07) is 15.3. The summed E-state index contributed by atoms with van der Waals surface area (Å²) >= 11 is 0. The van der Waals surface area contributed by atoms with Crippen LogP contribution in [0.25, 0.3) is 6.08 Å². The number of rotatable bonds is 6. The summed E-state index contributed by atoms with van der Waals surface area (Å²) in [5, 5.41) is 2.84. The maximum atomic E-state index is 11.9. The van der Waals surface area contributed by atoms with Gasteiger partial charge in [0.1, 0.15) is 0 Å². The highest BCUT2D eigenvalue weighted by Crippen LogP contribution is 2.31. The summed E-state index contributed by atoms with van der Waals surface area (Å²) in [7, 11) is 3.16. The highest BCUT2D eigenvalue weighted by molar-refractivity contribution is 5.92. The normalized spacial score (nSPS) is 10.5. The van der Waals surface area contributed by atoms with Gasteiger partial charge in [0.15, 0.2) is 11.5 Å². The average Bonchev–Trinajstić information content (AvgIpc) is 2.58. The number of amides is 1. The molecule has 0 spiro atoms. The fourth-order valence-electron chi connectivity index (χ4n) is 2.05. The molecular formula is C18H19NO3. The quantitative estimate of drug-likeness (QED) is 0.834. The molecule has 0 saturated carbocycles. The maximum absolute atomic E-state index is 11.9. The molecule has 0 unspecified atom stereocenters. The fourth-order valence-corrected chi connectivity index (χ4v) is 2.05. The van der Waals surface area contributed by atoms with Crippen LogP contribution in [0.1, 0.15) is 11.1 Å². The lowest BCUT2D eigenvalue weighted by Crippen LogP contribution is -2.20. The number of hydrogen-bond donors (Lipinski definition) is 1. The van der Waals surface area contributed by atoms with Crippen molar-refractivity contribution in [2.75, 3.05) is 14.2 Å². The Kier molecular flexibility index (Phi) is 5.60. The van der Waals surface area contributed by atoms with Crippen molar-refractivity contribution >= 4 is 12.0 Å². The molecule has 4 nitrogen and oxygen atoms in total. The van der Waals surface area contributed by atoms with Crippen molar-refractivity contribution in [1.29, 1.82) is 0 Å². The molecular weight excluding hydrogens is 278 g/mol. The van der Waals surface area contributed by atoms with Crippen LogP contribution in [0.15, 0.2) is 54.6 Å². The molecule has 22 heavy (non-hydrogen) atoms. The molecule has 0 radical (unpaired) electrons. The molecule has 4 heteroatoms. The van der Waals surface area contributed by atoms with Crippen molar-refractivity contribution in [3.05, 3.63) is 65.7 Å². The van der Waals surface area contributed by atoms with Crippen LogP contribution < -0.4 is 14.8 Å². The average molecular weight is 297 g/mol. The summed E-state index contributed by atoms with van der Waals surface area (Å²) in [5.41, 5.74) is 1.85. The van der Waals surface area contributed by atoms with E-state index in [0.717, 1.165) is 11.1 Å². The third-order valence-corrected chi connectivity index (χ3v) is 3.16. The first kappa shape index (κ1) is 15.6. The highest BCUT2D eigenvalue weighted by Gasteiger charge is 2.07. The number of carbonyl (C=O) groups is 1. The van der Waals surface area contributed by atoms with E-state index in [0.29, 0.717) is 18.0 Å². The van der Waals surface area contributed by atoms with Gasteiger partial charge in [-0.05, 0) is 17.7 Å². The zero-order chi connectivity index (χ0) is 15.8. The summed E-state index contributed by atoms with van der Waals surface area (Å²) < 4.78 is 10.6.